The Hall–Kier alpha value is -2.40. The van der Waals surface area contributed by atoms with Crippen molar-refractivity contribution in [2.24, 2.45) is 5.92 Å². The highest BCUT2D eigenvalue weighted by atomic mass is 16.5. The molecule has 1 aromatic heterocycles. The van der Waals surface area contributed by atoms with Crippen molar-refractivity contribution in [2.75, 3.05) is 26.7 Å². The van der Waals surface area contributed by atoms with Gasteiger partial charge in [0.05, 0.1) is 7.11 Å². The Morgan fingerprint density at radius 3 is 2.64 bits per heavy atom. The van der Waals surface area contributed by atoms with E-state index in [4.69, 9.17) is 4.74 Å². The first-order valence-electron chi connectivity index (χ1n) is 8.78. The highest BCUT2D eigenvalue weighted by molar-refractivity contribution is 5.94. The average molecular weight is 339 g/mol. The van der Waals surface area contributed by atoms with Gasteiger partial charge < -0.3 is 10.1 Å². The van der Waals surface area contributed by atoms with Crippen LogP contribution in [0.1, 0.15) is 28.8 Å². The molecular weight excluding hydrogens is 314 g/mol. The number of ether oxygens (including phenoxy) is 1. The Balaban J connectivity index is 1.40. The second kappa shape index (κ2) is 8.62. The molecule has 3 rings (SSSR count). The van der Waals surface area contributed by atoms with E-state index in [0.29, 0.717) is 11.5 Å². The lowest BCUT2D eigenvalue weighted by atomic mass is 9.96. The number of hydrogen-bond donors (Lipinski definition) is 1. The summed E-state index contributed by atoms with van der Waals surface area (Å²) in [6.45, 7) is 3.83. The van der Waals surface area contributed by atoms with Crippen molar-refractivity contribution >= 4 is 5.91 Å². The van der Waals surface area contributed by atoms with Crippen LogP contribution >= 0.6 is 0 Å². The molecule has 1 amide bonds. The first kappa shape index (κ1) is 17.4. The van der Waals surface area contributed by atoms with Gasteiger partial charge in [0.15, 0.2) is 0 Å². The number of nitrogens with one attached hydrogen (secondary N) is 1. The summed E-state index contributed by atoms with van der Waals surface area (Å²) in [6.07, 6.45) is 5.97. The van der Waals surface area contributed by atoms with Crippen molar-refractivity contribution in [1.29, 1.82) is 0 Å². The molecule has 0 atom stereocenters. The Morgan fingerprint density at radius 2 is 2.00 bits per heavy atom. The second-order valence-corrected chi connectivity index (χ2v) is 6.52. The number of likely N-dealkylation sites (tertiary alicyclic amines) is 1. The Kier molecular flexibility index (Phi) is 6.01. The second-order valence-electron chi connectivity index (χ2n) is 6.52. The maximum absolute atomic E-state index is 12.2. The van der Waals surface area contributed by atoms with Crippen LogP contribution in [-0.4, -0.2) is 42.5 Å². The fraction of sp³-hybridized carbons (Fsp3) is 0.400. The molecule has 5 heteroatoms. The van der Waals surface area contributed by atoms with Crippen LogP contribution in [0, 0.1) is 5.92 Å². The fourth-order valence-electron chi connectivity index (χ4n) is 3.18. The molecule has 1 fully saturated rings. The molecule has 0 radical (unpaired) electrons. The van der Waals surface area contributed by atoms with Crippen molar-refractivity contribution in [3.05, 3.63) is 59.9 Å². The summed E-state index contributed by atoms with van der Waals surface area (Å²) >= 11 is 0. The van der Waals surface area contributed by atoms with Crippen LogP contribution in [0.15, 0.2) is 48.8 Å². The van der Waals surface area contributed by atoms with Crippen LogP contribution in [0.5, 0.6) is 5.75 Å². The monoisotopic (exact) mass is 339 g/mol. The van der Waals surface area contributed by atoms with Gasteiger partial charge in [0.1, 0.15) is 5.75 Å². The van der Waals surface area contributed by atoms with Gasteiger partial charge >= 0.3 is 0 Å². The summed E-state index contributed by atoms with van der Waals surface area (Å²) in [5.41, 5.74) is 1.93. The van der Waals surface area contributed by atoms with Crippen molar-refractivity contribution in [2.45, 2.75) is 19.4 Å². The SMILES string of the molecule is COc1ccc(C(=O)NCC2CCN(Cc3cccnc3)CC2)cc1. The lowest BCUT2D eigenvalue weighted by Crippen LogP contribution is -2.38. The summed E-state index contributed by atoms with van der Waals surface area (Å²) in [5, 5.41) is 3.06. The number of hydrogen-bond acceptors (Lipinski definition) is 4. The van der Waals surface area contributed by atoms with E-state index < -0.39 is 0 Å². The molecule has 2 heterocycles. The van der Waals surface area contributed by atoms with Crippen molar-refractivity contribution in [3.63, 3.8) is 0 Å². The molecule has 2 aromatic rings. The topological polar surface area (TPSA) is 54.5 Å². The van der Waals surface area contributed by atoms with Gasteiger partial charge in [-0.25, -0.2) is 0 Å². The van der Waals surface area contributed by atoms with E-state index >= 15 is 0 Å². The minimum atomic E-state index is -0.0135. The van der Waals surface area contributed by atoms with E-state index in [1.54, 1.807) is 25.4 Å². The largest absolute Gasteiger partial charge is 0.497 e. The smallest absolute Gasteiger partial charge is 0.251 e. The number of amides is 1. The maximum atomic E-state index is 12.2. The third-order valence-electron chi connectivity index (χ3n) is 4.74. The van der Waals surface area contributed by atoms with Crippen molar-refractivity contribution in [1.82, 2.24) is 15.2 Å². The predicted molar refractivity (Wildman–Crippen MR) is 97.6 cm³/mol. The number of piperidine rings is 1. The van der Waals surface area contributed by atoms with Gasteiger partial charge in [-0.15, -0.1) is 0 Å². The zero-order valence-electron chi connectivity index (χ0n) is 14.6. The third kappa shape index (κ3) is 5.03. The van der Waals surface area contributed by atoms with E-state index in [-0.39, 0.29) is 5.91 Å². The predicted octanol–water partition coefficient (Wildman–Crippen LogP) is 2.73. The van der Waals surface area contributed by atoms with Crippen LogP contribution in [0.3, 0.4) is 0 Å². The van der Waals surface area contributed by atoms with Crippen LogP contribution in [0.2, 0.25) is 0 Å². The van der Waals surface area contributed by atoms with Gasteiger partial charge in [-0.1, -0.05) is 6.07 Å². The molecule has 1 saturated heterocycles. The molecule has 0 saturated carbocycles. The number of benzene rings is 1. The molecule has 0 bridgehead atoms. The van der Waals surface area contributed by atoms with E-state index in [1.165, 1.54) is 5.56 Å². The molecular formula is C20H25N3O2. The number of nitrogens with zero attached hydrogens (tertiary/aromatic N) is 2. The molecule has 132 valence electrons. The van der Waals surface area contributed by atoms with Crippen LogP contribution in [0.4, 0.5) is 0 Å². The van der Waals surface area contributed by atoms with Crippen molar-refractivity contribution < 1.29 is 9.53 Å². The molecule has 5 nitrogen and oxygen atoms in total. The van der Waals surface area contributed by atoms with Crippen LogP contribution in [-0.2, 0) is 6.54 Å². The minimum absolute atomic E-state index is 0.0135. The third-order valence-corrected chi connectivity index (χ3v) is 4.74. The molecule has 0 spiro atoms. The molecule has 25 heavy (non-hydrogen) atoms. The molecule has 0 unspecified atom stereocenters. The van der Waals surface area contributed by atoms with Gasteiger partial charge in [0.2, 0.25) is 0 Å². The summed E-state index contributed by atoms with van der Waals surface area (Å²) in [7, 11) is 1.62. The highest BCUT2D eigenvalue weighted by Gasteiger charge is 2.20. The van der Waals surface area contributed by atoms with E-state index in [0.717, 1.165) is 44.8 Å². The summed E-state index contributed by atoms with van der Waals surface area (Å²) in [6, 6.07) is 11.3. The van der Waals surface area contributed by atoms with E-state index in [2.05, 4.69) is 21.3 Å². The maximum Gasteiger partial charge on any atom is 0.251 e. The van der Waals surface area contributed by atoms with Gasteiger partial charge in [0, 0.05) is 31.0 Å². The number of aromatic nitrogens is 1. The summed E-state index contributed by atoms with van der Waals surface area (Å²) in [4.78, 5) is 18.9. The quantitative estimate of drug-likeness (QED) is 0.879. The summed E-state index contributed by atoms with van der Waals surface area (Å²) < 4.78 is 5.12. The van der Waals surface area contributed by atoms with Gasteiger partial charge in [-0.05, 0) is 67.7 Å². The molecule has 0 aliphatic carbocycles. The first-order valence-corrected chi connectivity index (χ1v) is 8.78. The summed E-state index contributed by atoms with van der Waals surface area (Å²) in [5.74, 6) is 1.30. The van der Waals surface area contributed by atoms with Gasteiger partial charge in [-0.3, -0.25) is 14.7 Å². The average Bonchev–Trinajstić information content (AvgIpc) is 2.68. The lowest BCUT2D eigenvalue weighted by Gasteiger charge is -2.32. The molecule has 1 aliphatic heterocycles. The van der Waals surface area contributed by atoms with Crippen LogP contribution in [0.25, 0.3) is 0 Å². The fourth-order valence-corrected chi connectivity index (χ4v) is 3.18. The molecule has 1 aliphatic rings. The highest BCUT2D eigenvalue weighted by Crippen LogP contribution is 2.18. The number of rotatable bonds is 6. The normalized spacial score (nSPS) is 15.7. The Labute approximate surface area is 149 Å². The van der Waals surface area contributed by atoms with Gasteiger partial charge in [-0.2, -0.15) is 0 Å². The lowest BCUT2D eigenvalue weighted by molar-refractivity contribution is 0.0935. The van der Waals surface area contributed by atoms with E-state index in [9.17, 15) is 4.79 Å². The first-order chi connectivity index (χ1) is 12.2. The number of pyridine rings is 1. The number of carbonyl (C=O) groups is 1. The number of methoxy groups -OCH3 is 1. The number of carbonyl (C=O) groups excluding carboxylic acids is 1. The van der Waals surface area contributed by atoms with E-state index in [1.807, 2.05) is 24.4 Å². The zero-order chi connectivity index (χ0) is 17.5. The molecule has 1 N–H and O–H groups in total. The minimum Gasteiger partial charge on any atom is -0.497 e. The Bertz CT molecular complexity index is 665. The molecule has 1 aromatic carbocycles. The Morgan fingerprint density at radius 1 is 1.24 bits per heavy atom. The van der Waals surface area contributed by atoms with Crippen molar-refractivity contribution in [3.8, 4) is 5.75 Å². The van der Waals surface area contributed by atoms with Gasteiger partial charge in [0.25, 0.3) is 5.91 Å². The zero-order valence-corrected chi connectivity index (χ0v) is 14.6. The standard InChI is InChI=1S/C20H25N3O2/c1-25-19-6-4-18(5-7-19)20(24)22-14-16-8-11-23(12-9-16)15-17-3-2-10-21-13-17/h2-7,10,13,16H,8-9,11-12,14-15H2,1H3,(H,22,24). The van der Waals surface area contributed by atoms with Crippen LogP contribution < -0.4 is 10.1 Å².